The smallest absolute Gasteiger partial charge is 0.251 e. The highest BCUT2D eigenvalue weighted by Crippen LogP contribution is 2.45. The van der Waals surface area contributed by atoms with Gasteiger partial charge in [-0.3, -0.25) is 9.59 Å². The number of carbonyl (C=O) groups excluding carboxylic acids is 2. The summed E-state index contributed by atoms with van der Waals surface area (Å²) < 4.78 is 68.4. The summed E-state index contributed by atoms with van der Waals surface area (Å²) in [6.07, 6.45) is 0.872. The fraction of sp³-hybridized carbons (Fsp3) is 0.375. The first kappa shape index (κ1) is 52.8. The van der Waals surface area contributed by atoms with E-state index in [1.54, 1.807) is 36.4 Å². The fourth-order valence-electron chi connectivity index (χ4n) is 3.71. The zero-order chi connectivity index (χ0) is 42.1. The number of carbonyl (C=O) groups is 2. The Hall–Kier alpha value is 0.770. The molecule has 2 amide bonds. The van der Waals surface area contributed by atoms with E-state index in [-0.39, 0.29) is 32.5 Å². The molecule has 0 spiro atoms. The largest absolute Gasteiger partial charge is 0.352 e. The number of halogens is 9. The highest BCUT2D eigenvalue weighted by molar-refractivity contribution is 9.43. The van der Waals surface area contributed by atoms with Crippen LogP contribution in [0, 0.1) is 12.8 Å². The lowest BCUT2D eigenvalue weighted by Gasteiger charge is -2.14. The summed E-state index contributed by atoms with van der Waals surface area (Å²) in [6.45, 7) is 10.2. The topological polar surface area (TPSA) is 161 Å². The Morgan fingerprint density at radius 3 is 1.26 bits per heavy atom. The minimum Gasteiger partial charge on any atom is -0.352 e. The van der Waals surface area contributed by atoms with Gasteiger partial charge in [0.15, 0.2) is 0 Å². The molecule has 0 unspecified atom stereocenters. The van der Waals surface area contributed by atoms with E-state index in [0.29, 0.717) is 23.6 Å². The highest BCUT2D eigenvalue weighted by atomic mass is 80.0. The van der Waals surface area contributed by atoms with E-state index in [4.69, 9.17) is 0 Å². The van der Waals surface area contributed by atoms with Crippen molar-refractivity contribution >= 4 is 185 Å². The number of aryl methyl sites for hydroxylation is 1. The molecule has 0 fully saturated rings. The van der Waals surface area contributed by atoms with Crippen molar-refractivity contribution in [3.05, 3.63) is 89.5 Å². The monoisotopic (exact) mass is 1380 g/mol. The van der Waals surface area contributed by atoms with Gasteiger partial charge in [-0.05, 0) is 231 Å². The number of sulfone groups is 3. The van der Waals surface area contributed by atoms with E-state index in [9.17, 15) is 34.8 Å². The van der Waals surface area contributed by atoms with Crippen LogP contribution in [0.2, 0.25) is 0 Å². The van der Waals surface area contributed by atoms with E-state index in [0.717, 1.165) is 12.0 Å². The normalized spacial score (nSPS) is 12.6. The van der Waals surface area contributed by atoms with Crippen LogP contribution in [-0.2, 0) is 29.5 Å². The van der Waals surface area contributed by atoms with Crippen LogP contribution in [0.25, 0.3) is 0 Å². The average molecular weight is 1390 g/mol. The Kier molecular flexibility index (Phi) is 21.4. The maximum Gasteiger partial charge on any atom is 0.251 e. The molecule has 3 aromatic rings. The SMILES string of the molecule is CC(C)CCNC(=O)c1cccc(S(=O)(=O)C(Br)(Br)Br)c1.CC(C)NC(=O)c1cccc(S(=O)(=O)C(Br)(Br)Br)c1.Cc1cccc(S(=O)(=O)C(Br)(Br)Br)c1. The zero-order valence-electron chi connectivity index (χ0n) is 28.9. The predicted octanol–water partition coefficient (Wildman–Crippen LogP) is 11.0. The maximum atomic E-state index is 12.3. The summed E-state index contributed by atoms with van der Waals surface area (Å²) in [7, 11) is -10.8. The molecule has 0 saturated carbocycles. The van der Waals surface area contributed by atoms with Crippen LogP contribution >= 0.6 is 143 Å². The molecule has 0 atom stereocenters. The van der Waals surface area contributed by atoms with Crippen molar-refractivity contribution in [2.45, 2.75) is 66.2 Å². The molecule has 0 aliphatic rings. The number of hydrogen-bond acceptors (Lipinski definition) is 8. The van der Waals surface area contributed by atoms with Crippen LogP contribution in [0.15, 0.2) is 87.5 Å². The van der Waals surface area contributed by atoms with E-state index in [1.165, 1.54) is 30.3 Å². The summed E-state index contributed by atoms with van der Waals surface area (Å²) in [4.78, 5) is 24.2. The molecule has 3 aromatic carbocycles. The second-order valence-electron chi connectivity index (χ2n) is 11.8. The lowest BCUT2D eigenvalue weighted by Crippen LogP contribution is -2.30. The minimum atomic E-state index is -3.70. The van der Waals surface area contributed by atoms with Gasteiger partial charge in [0.05, 0.1) is 14.7 Å². The van der Waals surface area contributed by atoms with Gasteiger partial charge in [-0.2, -0.15) is 0 Å². The van der Waals surface area contributed by atoms with Crippen molar-refractivity contribution < 1.29 is 34.8 Å². The Labute approximate surface area is 393 Å². The standard InChI is InChI=1S/C13H16Br3NO3S.C11H12Br3NO3S.C8H7Br3O2S/c1-9(2)6-7-17-12(18)10-4-3-5-11(8-10)21(19,20)13(14,15)16;1-7(2)15-10(16)8-4-3-5-9(6-8)19(17,18)11(12,13)14;1-6-3-2-4-7(5-6)14(12,13)8(9,10)11/h3-5,8-9H,6-7H2,1-2H3,(H,17,18);3-7H,1-2H3,(H,15,16);2-5H,1H3. The molecule has 10 nitrogen and oxygen atoms in total. The van der Waals surface area contributed by atoms with Crippen LogP contribution in [0.3, 0.4) is 0 Å². The fourth-order valence-corrected chi connectivity index (χ4v) is 11.2. The van der Waals surface area contributed by atoms with E-state index < -0.39 is 33.9 Å². The van der Waals surface area contributed by atoms with Crippen molar-refractivity contribution in [2.24, 2.45) is 5.92 Å². The number of nitrogens with one attached hydrogen (secondary N) is 2. The average Bonchev–Trinajstić information content (AvgIpc) is 3.03. The zero-order valence-corrected chi connectivity index (χ0v) is 45.6. The van der Waals surface area contributed by atoms with Gasteiger partial charge in [0.1, 0.15) is 0 Å². The predicted molar refractivity (Wildman–Crippen MR) is 249 cm³/mol. The number of benzene rings is 3. The lowest BCUT2D eigenvalue weighted by atomic mass is 10.1. The van der Waals surface area contributed by atoms with Crippen LogP contribution in [0.1, 0.15) is 60.4 Å². The van der Waals surface area contributed by atoms with Crippen molar-refractivity contribution in [1.29, 1.82) is 0 Å². The Balaban J connectivity index is 0.000000413. The second-order valence-corrected chi connectivity index (χ2v) is 43.1. The summed E-state index contributed by atoms with van der Waals surface area (Å²) >= 11 is 27.0. The Morgan fingerprint density at radius 1 is 0.574 bits per heavy atom. The molecule has 0 bridgehead atoms. The molecule has 0 aliphatic heterocycles. The quantitative estimate of drug-likeness (QED) is 0.200. The van der Waals surface area contributed by atoms with Crippen LogP contribution in [0.5, 0.6) is 0 Å². The number of alkyl halides is 9. The van der Waals surface area contributed by atoms with Gasteiger partial charge < -0.3 is 10.6 Å². The van der Waals surface area contributed by atoms with Crippen LogP contribution < -0.4 is 10.6 Å². The van der Waals surface area contributed by atoms with Crippen molar-refractivity contribution in [3.63, 3.8) is 0 Å². The number of rotatable bonds is 9. The number of amides is 2. The summed E-state index contributed by atoms with van der Waals surface area (Å²) in [6, 6.07) is 18.5. The van der Waals surface area contributed by atoms with E-state index in [2.05, 4.69) is 168 Å². The maximum absolute atomic E-state index is 12.3. The summed E-state index contributed by atoms with van der Waals surface area (Å²) in [5.41, 5.74) is 1.52. The second kappa shape index (κ2) is 21.9. The molecule has 302 valence electrons. The van der Waals surface area contributed by atoms with Gasteiger partial charge in [-0.15, -0.1) is 0 Å². The van der Waals surface area contributed by atoms with E-state index >= 15 is 0 Å². The first-order chi connectivity index (χ1) is 24.4. The van der Waals surface area contributed by atoms with Gasteiger partial charge in [-0.1, -0.05) is 38.1 Å². The van der Waals surface area contributed by atoms with Gasteiger partial charge in [0.25, 0.3) is 11.8 Å². The molecule has 0 aromatic heterocycles. The van der Waals surface area contributed by atoms with Gasteiger partial charge >= 0.3 is 0 Å². The summed E-state index contributed by atoms with van der Waals surface area (Å²) in [5, 5.41) is 5.49. The summed E-state index contributed by atoms with van der Waals surface area (Å²) in [5.74, 6) is -0.0961. The molecule has 0 aliphatic carbocycles. The van der Waals surface area contributed by atoms with Crippen LogP contribution in [-0.4, -0.2) is 54.1 Å². The molecule has 3 rings (SSSR count). The first-order valence-corrected chi connectivity index (χ1v) is 26.7. The highest BCUT2D eigenvalue weighted by Gasteiger charge is 2.39. The molecule has 0 radical (unpaired) electrons. The molecule has 0 heterocycles. The van der Waals surface area contributed by atoms with Gasteiger partial charge in [0.2, 0.25) is 33.9 Å². The van der Waals surface area contributed by atoms with Crippen LogP contribution in [0.4, 0.5) is 0 Å². The molecule has 2 N–H and O–H groups in total. The lowest BCUT2D eigenvalue weighted by molar-refractivity contribution is 0.0937. The van der Waals surface area contributed by atoms with Gasteiger partial charge in [0, 0.05) is 23.7 Å². The first-order valence-electron chi connectivity index (χ1n) is 15.2. The molecular weight excluding hydrogens is 1360 g/mol. The molecule has 0 saturated heterocycles. The third kappa shape index (κ3) is 16.1. The van der Waals surface area contributed by atoms with Crippen molar-refractivity contribution in [3.8, 4) is 0 Å². The van der Waals surface area contributed by atoms with E-state index in [1.807, 2.05) is 26.8 Å². The van der Waals surface area contributed by atoms with Gasteiger partial charge in [-0.25, -0.2) is 25.3 Å². The Morgan fingerprint density at radius 2 is 0.926 bits per heavy atom. The Bertz CT molecular complexity index is 2100. The van der Waals surface area contributed by atoms with Crippen molar-refractivity contribution in [2.75, 3.05) is 6.54 Å². The molecule has 54 heavy (non-hydrogen) atoms. The molecular formula is C32H35Br9N2O8S3. The number of hydrogen-bond donors (Lipinski definition) is 2. The molecule has 22 heteroatoms. The third-order valence-electron chi connectivity index (χ3n) is 6.45. The third-order valence-corrected chi connectivity index (χ3v) is 22.4. The minimum absolute atomic E-state index is 0.0182. The van der Waals surface area contributed by atoms with Crippen molar-refractivity contribution in [1.82, 2.24) is 10.6 Å².